The summed E-state index contributed by atoms with van der Waals surface area (Å²) < 4.78 is 5.88. The fraction of sp³-hybridized carbons (Fsp3) is 0.857. The summed E-state index contributed by atoms with van der Waals surface area (Å²) >= 11 is 0. The van der Waals surface area contributed by atoms with Crippen LogP contribution < -0.4 is 10.2 Å². The summed E-state index contributed by atoms with van der Waals surface area (Å²) in [4.78, 5) is 4.88. The van der Waals surface area contributed by atoms with E-state index in [1.807, 2.05) is 0 Å². The molecule has 0 amide bonds. The molecule has 6 heteroatoms. The van der Waals surface area contributed by atoms with Gasteiger partial charge in [-0.25, -0.2) is 0 Å². The highest BCUT2D eigenvalue weighted by molar-refractivity contribution is 5.29. The van der Waals surface area contributed by atoms with E-state index in [4.69, 9.17) is 4.42 Å². The van der Waals surface area contributed by atoms with Crippen molar-refractivity contribution < 1.29 is 4.42 Å². The number of aromatic nitrogens is 2. The molecule has 20 heavy (non-hydrogen) atoms. The van der Waals surface area contributed by atoms with E-state index < -0.39 is 0 Å². The third kappa shape index (κ3) is 2.54. The predicted molar refractivity (Wildman–Crippen MR) is 77.8 cm³/mol. The van der Waals surface area contributed by atoms with Gasteiger partial charge >= 0.3 is 6.01 Å². The molecule has 0 radical (unpaired) electrons. The SMILES string of the molecule is CCNC(C)c1nnc(N2CC3CCCN3CC2C)o1. The van der Waals surface area contributed by atoms with Gasteiger partial charge < -0.3 is 14.6 Å². The van der Waals surface area contributed by atoms with Crippen molar-refractivity contribution >= 4 is 6.01 Å². The molecule has 1 aromatic heterocycles. The van der Waals surface area contributed by atoms with Gasteiger partial charge in [-0.3, -0.25) is 4.90 Å². The van der Waals surface area contributed by atoms with Crippen LogP contribution in [0.25, 0.3) is 0 Å². The normalized spacial score (nSPS) is 28.6. The zero-order valence-corrected chi connectivity index (χ0v) is 12.7. The molecule has 0 aromatic carbocycles. The highest BCUT2D eigenvalue weighted by Gasteiger charge is 2.36. The van der Waals surface area contributed by atoms with Gasteiger partial charge in [-0.15, -0.1) is 5.10 Å². The van der Waals surface area contributed by atoms with Gasteiger partial charge in [0, 0.05) is 25.2 Å². The number of piperazine rings is 1. The summed E-state index contributed by atoms with van der Waals surface area (Å²) in [6, 6.07) is 1.90. The lowest BCUT2D eigenvalue weighted by Crippen LogP contribution is -2.55. The van der Waals surface area contributed by atoms with Gasteiger partial charge in [0.2, 0.25) is 5.89 Å². The summed E-state index contributed by atoms with van der Waals surface area (Å²) in [6.45, 7) is 10.6. The number of hydrogen-bond donors (Lipinski definition) is 1. The second-order valence-corrected chi connectivity index (χ2v) is 5.99. The molecule has 1 aromatic rings. The highest BCUT2D eigenvalue weighted by Crippen LogP contribution is 2.28. The molecule has 3 atom stereocenters. The van der Waals surface area contributed by atoms with Crippen LogP contribution in [0.3, 0.4) is 0 Å². The molecule has 0 bridgehead atoms. The minimum Gasteiger partial charge on any atom is -0.406 e. The number of nitrogens with one attached hydrogen (secondary N) is 1. The number of fused-ring (bicyclic) bond motifs is 1. The topological polar surface area (TPSA) is 57.4 Å². The van der Waals surface area contributed by atoms with Crippen molar-refractivity contribution in [3.63, 3.8) is 0 Å². The molecular weight excluding hydrogens is 254 g/mol. The molecule has 2 aliphatic rings. The molecule has 2 aliphatic heterocycles. The smallest absolute Gasteiger partial charge is 0.318 e. The van der Waals surface area contributed by atoms with Crippen LogP contribution in [0.1, 0.15) is 45.5 Å². The van der Waals surface area contributed by atoms with Gasteiger partial charge in [0.25, 0.3) is 0 Å². The van der Waals surface area contributed by atoms with E-state index in [9.17, 15) is 0 Å². The van der Waals surface area contributed by atoms with Gasteiger partial charge in [-0.1, -0.05) is 12.0 Å². The standard InChI is InChI=1S/C14H25N5O/c1-4-15-11(3)13-16-17-14(20-13)19-9-12-6-5-7-18(12)8-10(19)2/h10-12,15H,4-9H2,1-3H3. The van der Waals surface area contributed by atoms with Crippen LogP contribution in [0.2, 0.25) is 0 Å². The summed E-state index contributed by atoms with van der Waals surface area (Å²) in [5, 5.41) is 11.8. The third-order valence-electron chi connectivity index (χ3n) is 4.49. The van der Waals surface area contributed by atoms with Crippen molar-refractivity contribution in [1.82, 2.24) is 20.4 Å². The summed E-state index contributed by atoms with van der Waals surface area (Å²) in [5.41, 5.74) is 0. The van der Waals surface area contributed by atoms with Crippen molar-refractivity contribution in [2.24, 2.45) is 0 Å². The van der Waals surface area contributed by atoms with E-state index in [0.29, 0.717) is 24.0 Å². The lowest BCUT2D eigenvalue weighted by atomic mass is 10.1. The van der Waals surface area contributed by atoms with Crippen molar-refractivity contribution in [3.05, 3.63) is 5.89 Å². The number of anilines is 1. The zero-order chi connectivity index (χ0) is 14.1. The Kier molecular flexibility index (Phi) is 3.94. The van der Waals surface area contributed by atoms with Gasteiger partial charge in [0.15, 0.2) is 0 Å². The Labute approximate surface area is 120 Å². The number of nitrogens with zero attached hydrogens (tertiary/aromatic N) is 4. The first-order valence-corrected chi connectivity index (χ1v) is 7.76. The molecule has 3 unspecified atom stereocenters. The van der Waals surface area contributed by atoms with Crippen LogP contribution in [0, 0.1) is 0 Å². The first-order chi connectivity index (χ1) is 9.69. The van der Waals surface area contributed by atoms with Crippen LogP contribution in [-0.4, -0.2) is 53.4 Å². The molecule has 3 rings (SSSR count). The second-order valence-electron chi connectivity index (χ2n) is 5.99. The van der Waals surface area contributed by atoms with Crippen molar-refractivity contribution in [2.75, 3.05) is 31.1 Å². The Morgan fingerprint density at radius 3 is 3.05 bits per heavy atom. The van der Waals surface area contributed by atoms with Crippen LogP contribution in [0.4, 0.5) is 6.01 Å². The van der Waals surface area contributed by atoms with Crippen molar-refractivity contribution in [3.8, 4) is 0 Å². The van der Waals surface area contributed by atoms with Crippen LogP contribution in [-0.2, 0) is 0 Å². The largest absolute Gasteiger partial charge is 0.406 e. The van der Waals surface area contributed by atoms with Crippen molar-refractivity contribution in [2.45, 2.75) is 51.7 Å². The third-order valence-corrected chi connectivity index (χ3v) is 4.49. The minimum atomic E-state index is 0.115. The molecule has 0 saturated carbocycles. The van der Waals surface area contributed by atoms with Gasteiger partial charge in [-0.2, -0.15) is 0 Å². The summed E-state index contributed by atoms with van der Waals surface area (Å²) in [6.07, 6.45) is 2.61. The number of hydrogen-bond acceptors (Lipinski definition) is 6. The van der Waals surface area contributed by atoms with Crippen LogP contribution in [0.15, 0.2) is 4.42 Å². The Hall–Kier alpha value is -1.14. The molecule has 2 fully saturated rings. The second kappa shape index (κ2) is 5.69. The van der Waals surface area contributed by atoms with E-state index in [-0.39, 0.29) is 6.04 Å². The summed E-state index contributed by atoms with van der Waals surface area (Å²) in [7, 11) is 0. The van der Waals surface area contributed by atoms with Gasteiger partial charge in [0.05, 0.1) is 6.04 Å². The Balaban J connectivity index is 1.72. The van der Waals surface area contributed by atoms with E-state index in [2.05, 4.69) is 46.1 Å². The quantitative estimate of drug-likeness (QED) is 0.899. The first-order valence-electron chi connectivity index (χ1n) is 7.76. The molecule has 3 heterocycles. The predicted octanol–water partition coefficient (Wildman–Crippen LogP) is 1.41. The average molecular weight is 279 g/mol. The van der Waals surface area contributed by atoms with E-state index in [1.165, 1.54) is 19.4 Å². The molecule has 1 N–H and O–H groups in total. The zero-order valence-electron chi connectivity index (χ0n) is 12.7. The van der Waals surface area contributed by atoms with Crippen LogP contribution in [0.5, 0.6) is 0 Å². The van der Waals surface area contributed by atoms with E-state index in [1.54, 1.807) is 0 Å². The van der Waals surface area contributed by atoms with Crippen LogP contribution >= 0.6 is 0 Å². The summed E-state index contributed by atoms with van der Waals surface area (Å²) in [5.74, 6) is 0.683. The maximum Gasteiger partial charge on any atom is 0.318 e. The lowest BCUT2D eigenvalue weighted by Gasteiger charge is -2.41. The fourth-order valence-corrected chi connectivity index (χ4v) is 3.36. The van der Waals surface area contributed by atoms with Crippen molar-refractivity contribution in [1.29, 1.82) is 0 Å². The lowest BCUT2D eigenvalue weighted by molar-refractivity contribution is 0.197. The molecule has 0 aliphatic carbocycles. The Morgan fingerprint density at radius 2 is 2.25 bits per heavy atom. The maximum atomic E-state index is 5.88. The maximum absolute atomic E-state index is 5.88. The van der Waals surface area contributed by atoms with E-state index in [0.717, 1.165) is 19.6 Å². The number of rotatable bonds is 4. The van der Waals surface area contributed by atoms with Gasteiger partial charge in [0.1, 0.15) is 0 Å². The minimum absolute atomic E-state index is 0.115. The fourth-order valence-electron chi connectivity index (χ4n) is 3.36. The molecular formula is C14H25N5O. The van der Waals surface area contributed by atoms with Gasteiger partial charge in [-0.05, 0) is 39.8 Å². The first kappa shape index (κ1) is 13.8. The van der Waals surface area contributed by atoms with E-state index >= 15 is 0 Å². The molecule has 112 valence electrons. The molecule has 2 saturated heterocycles. The Morgan fingerprint density at radius 1 is 1.40 bits per heavy atom. The highest BCUT2D eigenvalue weighted by atomic mass is 16.4. The molecule has 0 spiro atoms. The molecule has 6 nitrogen and oxygen atoms in total. The Bertz CT molecular complexity index is 449. The average Bonchev–Trinajstić information content (AvgIpc) is 3.05. The monoisotopic (exact) mass is 279 g/mol.